The largest absolute Gasteiger partial charge is 0.332 e. The first kappa shape index (κ1) is 15.8. The highest BCUT2D eigenvalue weighted by atomic mass is 35.5. The minimum atomic E-state index is -3.84. The SMILES string of the molecule is O=S(=O)(Cc1ccccc1)O/N=C(\Cl)c1ccc(Cl)cc1. The Morgan fingerprint density at radius 3 is 2.29 bits per heavy atom. The van der Waals surface area contributed by atoms with Gasteiger partial charge in [-0.15, -0.1) is 0 Å². The molecule has 4 nitrogen and oxygen atoms in total. The Morgan fingerprint density at radius 2 is 1.67 bits per heavy atom. The molecule has 2 aromatic rings. The molecule has 0 heterocycles. The summed E-state index contributed by atoms with van der Waals surface area (Å²) in [5.74, 6) is -0.276. The van der Waals surface area contributed by atoms with E-state index in [0.717, 1.165) is 0 Å². The van der Waals surface area contributed by atoms with Gasteiger partial charge in [0.05, 0.1) is 0 Å². The summed E-state index contributed by atoms with van der Waals surface area (Å²) in [6.07, 6.45) is 0. The van der Waals surface area contributed by atoms with Gasteiger partial charge >= 0.3 is 10.1 Å². The molecule has 0 radical (unpaired) electrons. The van der Waals surface area contributed by atoms with Gasteiger partial charge in [-0.3, -0.25) is 4.28 Å². The lowest BCUT2D eigenvalue weighted by Gasteiger charge is -2.03. The number of halogens is 2. The number of hydrogen-bond acceptors (Lipinski definition) is 4. The van der Waals surface area contributed by atoms with Gasteiger partial charge < -0.3 is 0 Å². The lowest BCUT2D eigenvalue weighted by Crippen LogP contribution is -2.06. The van der Waals surface area contributed by atoms with Crippen LogP contribution in [0.15, 0.2) is 59.8 Å². The van der Waals surface area contributed by atoms with Crippen LogP contribution in [0.3, 0.4) is 0 Å². The molecule has 0 amide bonds. The first-order valence-electron chi connectivity index (χ1n) is 5.91. The summed E-state index contributed by atoms with van der Waals surface area (Å²) in [7, 11) is -3.84. The van der Waals surface area contributed by atoms with Crippen LogP contribution in [0.2, 0.25) is 5.02 Å². The van der Waals surface area contributed by atoms with Gasteiger partial charge in [-0.2, -0.15) is 8.42 Å². The van der Waals surface area contributed by atoms with Gasteiger partial charge in [0, 0.05) is 10.6 Å². The van der Waals surface area contributed by atoms with Crippen LogP contribution in [0.1, 0.15) is 11.1 Å². The zero-order valence-electron chi connectivity index (χ0n) is 10.7. The van der Waals surface area contributed by atoms with E-state index in [-0.39, 0.29) is 10.9 Å². The molecule has 110 valence electrons. The summed E-state index contributed by atoms with van der Waals surface area (Å²) in [4.78, 5) is 0. The molecule has 0 spiro atoms. The summed E-state index contributed by atoms with van der Waals surface area (Å²) in [5.41, 5.74) is 1.12. The summed E-state index contributed by atoms with van der Waals surface area (Å²) in [5, 5.41) is 3.92. The molecular formula is C14H11Cl2NO3S. The number of benzene rings is 2. The second-order valence-electron chi connectivity index (χ2n) is 4.15. The Morgan fingerprint density at radius 1 is 1.05 bits per heavy atom. The second kappa shape index (κ2) is 6.93. The normalized spacial score (nSPS) is 12.2. The van der Waals surface area contributed by atoms with Gasteiger partial charge in [-0.1, -0.05) is 70.8 Å². The molecule has 0 atom stereocenters. The van der Waals surface area contributed by atoms with Crippen molar-refractivity contribution in [2.24, 2.45) is 5.16 Å². The lowest BCUT2D eigenvalue weighted by molar-refractivity contribution is 0.339. The molecule has 0 N–H and O–H groups in total. The van der Waals surface area contributed by atoms with Crippen molar-refractivity contribution < 1.29 is 12.7 Å². The Hall–Kier alpha value is -1.56. The minimum absolute atomic E-state index is 0.0664. The van der Waals surface area contributed by atoms with E-state index < -0.39 is 10.1 Å². The Balaban J connectivity index is 2.06. The molecule has 0 fully saturated rings. The van der Waals surface area contributed by atoms with Crippen LogP contribution in [-0.4, -0.2) is 13.6 Å². The van der Waals surface area contributed by atoms with E-state index in [9.17, 15) is 8.42 Å². The molecule has 0 aliphatic heterocycles. The zero-order valence-corrected chi connectivity index (χ0v) is 13.1. The van der Waals surface area contributed by atoms with Gasteiger partial charge in [-0.25, -0.2) is 0 Å². The van der Waals surface area contributed by atoms with Crippen molar-refractivity contribution in [3.05, 3.63) is 70.7 Å². The molecule has 2 aromatic carbocycles. The smallest absolute Gasteiger partial charge is 0.267 e. The van der Waals surface area contributed by atoms with Crippen LogP contribution in [0, 0.1) is 0 Å². The maximum atomic E-state index is 11.8. The van der Waals surface area contributed by atoms with Gasteiger partial charge in [0.25, 0.3) is 0 Å². The number of oxime groups is 1. The first-order valence-corrected chi connectivity index (χ1v) is 8.24. The van der Waals surface area contributed by atoms with E-state index in [2.05, 4.69) is 9.44 Å². The fraction of sp³-hybridized carbons (Fsp3) is 0.0714. The predicted molar refractivity (Wildman–Crippen MR) is 84.0 cm³/mol. The highest BCUT2D eigenvalue weighted by Crippen LogP contribution is 2.13. The summed E-state index contributed by atoms with van der Waals surface area (Å²) in [6.45, 7) is 0. The van der Waals surface area contributed by atoms with Crippen molar-refractivity contribution in [1.29, 1.82) is 0 Å². The monoisotopic (exact) mass is 343 g/mol. The van der Waals surface area contributed by atoms with Crippen molar-refractivity contribution in [2.45, 2.75) is 5.75 Å². The Kier molecular flexibility index (Phi) is 5.22. The second-order valence-corrected chi connectivity index (χ2v) is 6.50. The highest BCUT2D eigenvalue weighted by Gasteiger charge is 2.13. The van der Waals surface area contributed by atoms with Gasteiger partial charge in [-0.05, 0) is 17.7 Å². The summed E-state index contributed by atoms with van der Waals surface area (Å²) in [6, 6.07) is 15.1. The average Bonchev–Trinajstić information content (AvgIpc) is 2.46. The minimum Gasteiger partial charge on any atom is -0.267 e. The fourth-order valence-corrected chi connectivity index (χ4v) is 2.70. The van der Waals surface area contributed by atoms with Crippen LogP contribution in [0.4, 0.5) is 0 Å². The third-order valence-corrected chi connectivity index (χ3v) is 4.03. The molecule has 7 heteroatoms. The number of hydrogen-bond donors (Lipinski definition) is 0. The van der Waals surface area contributed by atoms with E-state index in [0.29, 0.717) is 16.1 Å². The van der Waals surface area contributed by atoms with Gasteiger partial charge in [0.2, 0.25) is 0 Å². The van der Waals surface area contributed by atoms with Crippen molar-refractivity contribution in [3.8, 4) is 0 Å². The molecule has 0 saturated carbocycles. The van der Waals surface area contributed by atoms with Gasteiger partial charge in [0.1, 0.15) is 5.75 Å². The van der Waals surface area contributed by atoms with Crippen LogP contribution in [0.25, 0.3) is 0 Å². The maximum absolute atomic E-state index is 11.8. The predicted octanol–water partition coefficient (Wildman–Crippen LogP) is 3.79. The zero-order chi connectivity index (χ0) is 15.3. The van der Waals surface area contributed by atoms with Crippen LogP contribution in [0.5, 0.6) is 0 Å². The van der Waals surface area contributed by atoms with E-state index in [1.54, 1.807) is 54.6 Å². The highest BCUT2D eigenvalue weighted by molar-refractivity contribution is 7.85. The summed E-state index contributed by atoms with van der Waals surface area (Å²) >= 11 is 11.6. The summed E-state index contributed by atoms with van der Waals surface area (Å²) < 4.78 is 28.1. The van der Waals surface area contributed by atoms with Crippen LogP contribution < -0.4 is 0 Å². The standard InChI is InChI=1S/C14H11Cl2NO3S/c15-13-8-6-12(7-9-13)14(16)17-20-21(18,19)10-11-4-2-1-3-5-11/h1-9H,10H2/b17-14-. The number of rotatable bonds is 5. The van der Waals surface area contributed by atoms with Crippen LogP contribution in [-0.2, 0) is 20.2 Å². The molecule has 0 aliphatic carbocycles. The molecule has 0 bridgehead atoms. The average molecular weight is 344 g/mol. The molecule has 0 aliphatic rings. The first-order chi connectivity index (χ1) is 9.96. The Bertz CT molecular complexity index is 729. The van der Waals surface area contributed by atoms with Gasteiger partial charge in [0.15, 0.2) is 5.17 Å². The topological polar surface area (TPSA) is 55.7 Å². The van der Waals surface area contributed by atoms with Crippen LogP contribution >= 0.6 is 23.2 Å². The van der Waals surface area contributed by atoms with Crippen molar-refractivity contribution >= 4 is 38.5 Å². The quantitative estimate of drug-likeness (QED) is 0.613. The van der Waals surface area contributed by atoms with Crippen molar-refractivity contribution in [2.75, 3.05) is 0 Å². The Labute approximate surface area is 133 Å². The van der Waals surface area contributed by atoms with E-state index in [4.69, 9.17) is 23.2 Å². The van der Waals surface area contributed by atoms with E-state index in [1.807, 2.05) is 0 Å². The molecule has 21 heavy (non-hydrogen) atoms. The van der Waals surface area contributed by atoms with Crippen molar-refractivity contribution in [1.82, 2.24) is 0 Å². The number of nitrogens with zero attached hydrogens (tertiary/aromatic N) is 1. The molecule has 0 aromatic heterocycles. The van der Waals surface area contributed by atoms with Crippen molar-refractivity contribution in [3.63, 3.8) is 0 Å². The molecule has 0 saturated heterocycles. The van der Waals surface area contributed by atoms with E-state index >= 15 is 0 Å². The third-order valence-electron chi connectivity index (χ3n) is 2.50. The lowest BCUT2D eigenvalue weighted by atomic mass is 10.2. The van der Waals surface area contributed by atoms with E-state index in [1.165, 1.54) is 0 Å². The fourth-order valence-electron chi connectivity index (χ4n) is 1.53. The maximum Gasteiger partial charge on any atom is 0.332 e. The molecule has 0 unspecified atom stereocenters. The third kappa shape index (κ3) is 5.04. The molecule has 2 rings (SSSR count). The molecular weight excluding hydrogens is 333 g/mol.